The molecule has 0 bridgehead atoms. The minimum atomic E-state index is 0.592. The number of pyridine rings is 1. The molecular formula is C18H18ClN5. The molecule has 6 heteroatoms. The molecule has 0 N–H and O–H groups in total. The molecule has 0 radical (unpaired) electrons. The van der Waals surface area contributed by atoms with Crippen LogP contribution in [0.2, 0.25) is 5.02 Å². The normalized spacial score (nSPS) is 10.8. The van der Waals surface area contributed by atoms with E-state index >= 15 is 0 Å². The molecule has 2 heterocycles. The number of anilines is 1. The molecule has 0 amide bonds. The molecule has 5 nitrogen and oxygen atoms in total. The summed E-state index contributed by atoms with van der Waals surface area (Å²) < 4.78 is 2.13. The monoisotopic (exact) mass is 339 g/mol. The number of halogens is 1. The van der Waals surface area contributed by atoms with E-state index in [2.05, 4.69) is 25.5 Å². The molecule has 0 unspecified atom stereocenters. The van der Waals surface area contributed by atoms with E-state index in [0.717, 1.165) is 42.1 Å². The fourth-order valence-electron chi connectivity index (χ4n) is 2.70. The Balaban J connectivity index is 1.77. The van der Waals surface area contributed by atoms with Crippen LogP contribution in [0.15, 0.2) is 36.7 Å². The summed E-state index contributed by atoms with van der Waals surface area (Å²) in [6.45, 7) is 3.75. The van der Waals surface area contributed by atoms with Crippen LogP contribution >= 0.6 is 11.6 Å². The van der Waals surface area contributed by atoms with E-state index in [-0.39, 0.29) is 0 Å². The Kier molecular flexibility index (Phi) is 4.68. The van der Waals surface area contributed by atoms with Gasteiger partial charge in [0.1, 0.15) is 11.6 Å². The van der Waals surface area contributed by atoms with Gasteiger partial charge in [0.05, 0.1) is 17.1 Å². The third-order valence-electron chi connectivity index (χ3n) is 4.08. The predicted octanol–water partition coefficient (Wildman–Crippen LogP) is 3.79. The molecule has 0 saturated carbocycles. The Bertz CT molecular complexity index is 909. The van der Waals surface area contributed by atoms with Crippen LogP contribution in [-0.4, -0.2) is 28.1 Å². The van der Waals surface area contributed by atoms with E-state index < -0.39 is 0 Å². The first-order valence-corrected chi connectivity index (χ1v) is 8.15. The van der Waals surface area contributed by atoms with E-state index in [9.17, 15) is 5.26 Å². The largest absolute Gasteiger partial charge is 0.360 e. The number of imidazole rings is 1. The number of aromatic nitrogens is 3. The number of benzene rings is 1. The quantitative estimate of drug-likeness (QED) is 0.709. The zero-order chi connectivity index (χ0) is 17.1. The highest BCUT2D eigenvalue weighted by molar-refractivity contribution is 6.31. The van der Waals surface area contributed by atoms with E-state index in [1.165, 1.54) is 0 Å². The first kappa shape index (κ1) is 16.3. The Labute approximate surface area is 146 Å². The van der Waals surface area contributed by atoms with Gasteiger partial charge >= 0.3 is 0 Å². The van der Waals surface area contributed by atoms with Crippen molar-refractivity contribution in [2.24, 2.45) is 0 Å². The second-order valence-electron chi connectivity index (χ2n) is 5.74. The average Bonchev–Trinajstić information content (AvgIpc) is 2.99. The van der Waals surface area contributed by atoms with Gasteiger partial charge in [-0.1, -0.05) is 11.6 Å². The SMILES string of the molecule is Cc1nccn1CCCN(C)c1cc(C#N)c2cc(Cl)ccc2n1. The zero-order valence-corrected chi connectivity index (χ0v) is 14.5. The number of fused-ring (bicyclic) bond motifs is 1. The van der Waals surface area contributed by atoms with Crippen molar-refractivity contribution < 1.29 is 0 Å². The van der Waals surface area contributed by atoms with E-state index in [4.69, 9.17) is 11.6 Å². The molecule has 0 aliphatic rings. The van der Waals surface area contributed by atoms with Gasteiger partial charge < -0.3 is 9.47 Å². The van der Waals surface area contributed by atoms with Crippen LogP contribution in [0, 0.1) is 18.3 Å². The number of aryl methyl sites for hydroxylation is 2. The molecule has 122 valence electrons. The van der Waals surface area contributed by atoms with Gasteiger partial charge in [0, 0.05) is 42.9 Å². The summed E-state index contributed by atoms with van der Waals surface area (Å²) in [5.41, 5.74) is 1.38. The number of nitrogens with zero attached hydrogens (tertiary/aromatic N) is 5. The molecule has 0 saturated heterocycles. The Morgan fingerprint density at radius 1 is 1.33 bits per heavy atom. The Hall–Kier alpha value is -2.58. The summed E-state index contributed by atoms with van der Waals surface area (Å²) in [4.78, 5) is 11.0. The van der Waals surface area contributed by atoms with Crippen LogP contribution in [-0.2, 0) is 6.54 Å². The Morgan fingerprint density at radius 3 is 2.88 bits per heavy atom. The smallest absolute Gasteiger partial charge is 0.130 e. The van der Waals surface area contributed by atoms with Gasteiger partial charge in [0.15, 0.2) is 0 Å². The number of hydrogen-bond acceptors (Lipinski definition) is 4. The van der Waals surface area contributed by atoms with Gasteiger partial charge in [0.25, 0.3) is 0 Å². The minimum Gasteiger partial charge on any atom is -0.360 e. The fourth-order valence-corrected chi connectivity index (χ4v) is 2.88. The first-order valence-electron chi connectivity index (χ1n) is 7.78. The Morgan fingerprint density at radius 2 is 2.17 bits per heavy atom. The average molecular weight is 340 g/mol. The fraction of sp³-hybridized carbons (Fsp3) is 0.278. The van der Waals surface area contributed by atoms with Gasteiger partial charge in [-0.15, -0.1) is 0 Å². The van der Waals surface area contributed by atoms with Gasteiger partial charge in [-0.25, -0.2) is 9.97 Å². The topological polar surface area (TPSA) is 57.7 Å². The molecule has 2 aromatic heterocycles. The molecule has 3 rings (SSSR count). The van der Waals surface area contributed by atoms with Crippen LogP contribution in [0.25, 0.3) is 10.9 Å². The van der Waals surface area contributed by atoms with Crippen molar-refractivity contribution in [3.05, 3.63) is 53.1 Å². The van der Waals surface area contributed by atoms with E-state index in [1.54, 1.807) is 12.1 Å². The third-order valence-corrected chi connectivity index (χ3v) is 4.32. The highest BCUT2D eigenvalue weighted by atomic mass is 35.5. The summed E-state index contributed by atoms with van der Waals surface area (Å²) in [5.74, 6) is 1.81. The van der Waals surface area contributed by atoms with Crippen LogP contribution in [0.3, 0.4) is 0 Å². The lowest BCUT2D eigenvalue weighted by atomic mass is 10.1. The second kappa shape index (κ2) is 6.90. The maximum absolute atomic E-state index is 9.41. The van der Waals surface area contributed by atoms with Gasteiger partial charge in [-0.3, -0.25) is 0 Å². The number of hydrogen-bond donors (Lipinski definition) is 0. The molecule has 0 fully saturated rings. The van der Waals surface area contributed by atoms with Crippen molar-refractivity contribution in [3.63, 3.8) is 0 Å². The van der Waals surface area contributed by atoms with Crippen molar-refractivity contribution in [1.82, 2.24) is 14.5 Å². The lowest BCUT2D eigenvalue weighted by Crippen LogP contribution is -2.21. The summed E-state index contributed by atoms with van der Waals surface area (Å²) in [6, 6.07) is 9.49. The molecule has 0 aliphatic carbocycles. The molecule has 3 aromatic rings. The van der Waals surface area contributed by atoms with Gasteiger partial charge in [-0.05, 0) is 37.6 Å². The van der Waals surface area contributed by atoms with Crippen molar-refractivity contribution >= 4 is 28.3 Å². The molecule has 0 spiro atoms. The van der Waals surface area contributed by atoms with E-state index in [1.807, 2.05) is 38.5 Å². The zero-order valence-electron chi connectivity index (χ0n) is 13.7. The number of rotatable bonds is 5. The number of nitriles is 1. The predicted molar refractivity (Wildman–Crippen MR) is 96.3 cm³/mol. The summed E-state index contributed by atoms with van der Waals surface area (Å²) in [6.07, 6.45) is 4.77. The summed E-state index contributed by atoms with van der Waals surface area (Å²) in [7, 11) is 1.99. The standard InChI is InChI=1S/C18H18ClN5/c1-13-21-6-9-24(13)8-3-7-23(2)18-10-14(12-20)16-11-15(19)4-5-17(16)22-18/h4-6,9-11H,3,7-8H2,1-2H3. The molecular weight excluding hydrogens is 322 g/mol. The lowest BCUT2D eigenvalue weighted by molar-refractivity contribution is 0.621. The maximum Gasteiger partial charge on any atom is 0.130 e. The van der Waals surface area contributed by atoms with Crippen LogP contribution < -0.4 is 4.90 Å². The van der Waals surface area contributed by atoms with Gasteiger partial charge in [0.2, 0.25) is 0 Å². The van der Waals surface area contributed by atoms with Crippen molar-refractivity contribution in [2.75, 3.05) is 18.5 Å². The molecule has 0 atom stereocenters. The maximum atomic E-state index is 9.41. The highest BCUT2D eigenvalue weighted by Crippen LogP contribution is 2.25. The molecule has 0 aliphatic heterocycles. The van der Waals surface area contributed by atoms with Crippen LogP contribution in [0.1, 0.15) is 17.8 Å². The first-order chi connectivity index (χ1) is 11.6. The molecule has 24 heavy (non-hydrogen) atoms. The van der Waals surface area contributed by atoms with E-state index in [0.29, 0.717) is 10.6 Å². The van der Waals surface area contributed by atoms with Crippen molar-refractivity contribution in [3.8, 4) is 6.07 Å². The minimum absolute atomic E-state index is 0.592. The van der Waals surface area contributed by atoms with Crippen molar-refractivity contribution in [1.29, 1.82) is 5.26 Å². The highest BCUT2D eigenvalue weighted by Gasteiger charge is 2.10. The lowest BCUT2D eigenvalue weighted by Gasteiger charge is -2.19. The van der Waals surface area contributed by atoms with Crippen LogP contribution in [0.5, 0.6) is 0 Å². The summed E-state index contributed by atoms with van der Waals surface area (Å²) >= 11 is 6.03. The third kappa shape index (κ3) is 3.34. The molecule has 1 aromatic carbocycles. The van der Waals surface area contributed by atoms with Gasteiger partial charge in [-0.2, -0.15) is 5.26 Å². The van der Waals surface area contributed by atoms with Crippen LogP contribution in [0.4, 0.5) is 5.82 Å². The summed E-state index contributed by atoms with van der Waals surface area (Å²) in [5, 5.41) is 10.8. The second-order valence-corrected chi connectivity index (χ2v) is 6.18. The van der Waals surface area contributed by atoms with Crippen molar-refractivity contribution in [2.45, 2.75) is 19.9 Å².